The van der Waals surface area contributed by atoms with Gasteiger partial charge in [-0.05, 0) is 50.4 Å². The molecule has 0 saturated carbocycles. The van der Waals surface area contributed by atoms with Crippen molar-refractivity contribution in [1.29, 1.82) is 0 Å². The van der Waals surface area contributed by atoms with Gasteiger partial charge in [-0.15, -0.1) is 0 Å². The van der Waals surface area contributed by atoms with E-state index in [1.807, 2.05) is 30.7 Å². The molecule has 2 atom stereocenters. The van der Waals surface area contributed by atoms with Crippen LogP contribution in [0.1, 0.15) is 33.6 Å². The second kappa shape index (κ2) is 6.37. The highest BCUT2D eigenvalue weighted by Gasteiger charge is 2.38. The Hall–Kier alpha value is -0.710. The number of ether oxygens (including phenoxy) is 1. The van der Waals surface area contributed by atoms with E-state index in [4.69, 9.17) is 4.74 Å². The van der Waals surface area contributed by atoms with Crippen molar-refractivity contribution in [3.8, 4) is 0 Å². The van der Waals surface area contributed by atoms with Crippen molar-refractivity contribution in [2.24, 2.45) is 11.8 Å². The molecule has 0 aliphatic carbocycles. The van der Waals surface area contributed by atoms with Crippen LogP contribution in [0.25, 0.3) is 0 Å². The van der Waals surface area contributed by atoms with Crippen molar-refractivity contribution in [2.45, 2.75) is 39.2 Å². The highest BCUT2D eigenvalue weighted by Crippen LogP contribution is 2.32. The number of nitrogens with zero attached hydrogens (tertiary/aromatic N) is 2. The Labute approximate surface area is 130 Å². The Morgan fingerprint density at radius 2 is 1.75 bits per heavy atom. The summed E-state index contributed by atoms with van der Waals surface area (Å²) in [5.41, 5.74) is -0.404. The lowest BCUT2D eigenvalue weighted by Gasteiger charge is -2.25. The first kappa shape index (κ1) is 15.7. The summed E-state index contributed by atoms with van der Waals surface area (Å²) in [6.45, 7) is 9.62. The zero-order valence-corrected chi connectivity index (χ0v) is 14.2. The molecule has 2 aliphatic rings. The van der Waals surface area contributed by atoms with Gasteiger partial charge in [0.15, 0.2) is 0 Å². The molecule has 0 spiro atoms. The minimum absolute atomic E-state index is 0.150. The number of amides is 1. The molecule has 0 aromatic rings. The van der Waals surface area contributed by atoms with Crippen LogP contribution in [0, 0.1) is 11.8 Å². The topological polar surface area (TPSA) is 32.8 Å². The molecule has 0 radical (unpaired) electrons. The summed E-state index contributed by atoms with van der Waals surface area (Å²) < 4.78 is 5.48. The molecular formula is C15H25BrN2O2. The second-order valence-electron chi connectivity index (χ2n) is 6.79. The number of halogens is 1. The van der Waals surface area contributed by atoms with Crippen molar-refractivity contribution in [1.82, 2.24) is 9.80 Å². The third-order valence-corrected chi connectivity index (χ3v) is 4.31. The van der Waals surface area contributed by atoms with E-state index in [0.29, 0.717) is 11.8 Å². The molecule has 2 aliphatic heterocycles. The molecule has 1 amide bonds. The van der Waals surface area contributed by atoms with Crippen LogP contribution >= 0.6 is 15.9 Å². The fraction of sp³-hybridized carbons (Fsp3) is 0.800. The normalized spacial score (nSPS) is 27.6. The fourth-order valence-electron chi connectivity index (χ4n) is 3.07. The van der Waals surface area contributed by atoms with Gasteiger partial charge in [-0.25, -0.2) is 4.79 Å². The van der Waals surface area contributed by atoms with Gasteiger partial charge in [-0.3, -0.25) is 0 Å². The van der Waals surface area contributed by atoms with Crippen molar-refractivity contribution >= 4 is 22.0 Å². The predicted molar refractivity (Wildman–Crippen MR) is 83.7 cm³/mol. The Kier molecular flexibility index (Phi) is 4.99. The van der Waals surface area contributed by atoms with Crippen LogP contribution in [0.3, 0.4) is 0 Å². The summed E-state index contributed by atoms with van der Waals surface area (Å²) in [5.74, 6) is 1.24. The van der Waals surface area contributed by atoms with Crippen LogP contribution in [-0.2, 0) is 4.74 Å². The number of fused-ring (bicyclic) bond motifs is 1. The standard InChI is InChI=1S/C15H25BrN2O2/c1-15(2,3)20-14(19)18-10-12-4-7-17(9-6-16)8-5-13(12)11-18/h6,9,12-13H,4-5,7-8,10-11H2,1-3H3/t12-,13+. The smallest absolute Gasteiger partial charge is 0.410 e. The first-order valence-electron chi connectivity index (χ1n) is 7.38. The van der Waals surface area contributed by atoms with Gasteiger partial charge in [0, 0.05) is 32.4 Å². The van der Waals surface area contributed by atoms with E-state index < -0.39 is 5.60 Å². The maximum atomic E-state index is 12.1. The zero-order valence-electron chi connectivity index (χ0n) is 12.6. The van der Waals surface area contributed by atoms with E-state index in [9.17, 15) is 4.79 Å². The average molecular weight is 345 g/mol. The molecule has 2 rings (SSSR count). The maximum Gasteiger partial charge on any atom is 0.410 e. The van der Waals surface area contributed by atoms with Crippen LogP contribution in [0.4, 0.5) is 4.79 Å². The average Bonchev–Trinajstić information content (AvgIpc) is 2.66. The molecule has 2 fully saturated rings. The van der Waals surface area contributed by atoms with E-state index in [-0.39, 0.29) is 6.09 Å². The quantitative estimate of drug-likeness (QED) is 0.730. The number of carbonyl (C=O) groups excluding carboxylic acids is 1. The Morgan fingerprint density at radius 3 is 2.20 bits per heavy atom. The third-order valence-electron chi connectivity index (χ3n) is 4.07. The molecule has 0 aromatic carbocycles. The fourth-order valence-corrected chi connectivity index (χ4v) is 3.41. The molecule has 2 saturated heterocycles. The largest absolute Gasteiger partial charge is 0.444 e. The molecule has 0 bridgehead atoms. The molecular weight excluding hydrogens is 320 g/mol. The highest BCUT2D eigenvalue weighted by atomic mass is 79.9. The van der Waals surface area contributed by atoms with Gasteiger partial charge in [0.1, 0.15) is 5.60 Å². The summed E-state index contributed by atoms with van der Waals surface area (Å²) in [6.07, 6.45) is 4.26. The maximum absolute atomic E-state index is 12.1. The summed E-state index contributed by atoms with van der Waals surface area (Å²) >= 11 is 3.34. The number of hydrogen-bond acceptors (Lipinski definition) is 3. The predicted octanol–water partition coefficient (Wildman–Crippen LogP) is 3.43. The van der Waals surface area contributed by atoms with Gasteiger partial charge < -0.3 is 14.5 Å². The van der Waals surface area contributed by atoms with Crippen molar-refractivity contribution in [2.75, 3.05) is 26.2 Å². The van der Waals surface area contributed by atoms with Crippen molar-refractivity contribution in [3.05, 3.63) is 11.2 Å². The SMILES string of the molecule is CC(C)(C)OC(=O)N1C[C@H]2CCN(C=CBr)CC[C@H]2C1. The van der Waals surface area contributed by atoms with E-state index in [1.165, 1.54) is 0 Å². The van der Waals surface area contributed by atoms with Gasteiger partial charge in [-0.1, -0.05) is 15.9 Å². The Morgan fingerprint density at radius 1 is 1.20 bits per heavy atom. The summed E-state index contributed by atoms with van der Waals surface area (Å²) in [6, 6.07) is 0. The summed E-state index contributed by atoms with van der Waals surface area (Å²) in [5, 5.41) is 0. The number of hydrogen-bond donors (Lipinski definition) is 0. The first-order valence-corrected chi connectivity index (χ1v) is 8.29. The lowest BCUT2D eigenvalue weighted by atomic mass is 9.92. The molecule has 2 heterocycles. The minimum Gasteiger partial charge on any atom is -0.444 e. The van der Waals surface area contributed by atoms with E-state index >= 15 is 0 Å². The first-order chi connectivity index (χ1) is 9.39. The van der Waals surface area contributed by atoms with Gasteiger partial charge in [-0.2, -0.15) is 0 Å². The van der Waals surface area contributed by atoms with Crippen LogP contribution < -0.4 is 0 Å². The van der Waals surface area contributed by atoms with Gasteiger partial charge in [0.25, 0.3) is 0 Å². The van der Waals surface area contributed by atoms with Crippen molar-refractivity contribution in [3.63, 3.8) is 0 Å². The molecule has 0 unspecified atom stereocenters. The molecule has 5 heteroatoms. The van der Waals surface area contributed by atoms with Crippen LogP contribution in [0.2, 0.25) is 0 Å². The third kappa shape index (κ3) is 4.14. The van der Waals surface area contributed by atoms with Crippen LogP contribution in [0.15, 0.2) is 11.2 Å². The number of likely N-dealkylation sites (tertiary alicyclic amines) is 2. The van der Waals surface area contributed by atoms with Gasteiger partial charge in [0.2, 0.25) is 0 Å². The van der Waals surface area contributed by atoms with Crippen molar-refractivity contribution < 1.29 is 9.53 Å². The number of rotatable bonds is 1. The molecule has 0 N–H and O–H groups in total. The number of carbonyl (C=O) groups is 1. The van der Waals surface area contributed by atoms with E-state index in [1.54, 1.807) is 0 Å². The van der Waals surface area contributed by atoms with Gasteiger partial charge >= 0.3 is 6.09 Å². The second-order valence-corrected chi connectivity index (χ2v) is 7.32. The monoisotopic (exact) mass is 344 g/mol. The Bertz CT molecular complexity index is 363. The molecule has 4 nitrogen and oxygen atoms in total. The molecule has 114 valence electrons. The van der Waals surface area contributed by atoms with Crippen LogP contribution in [0.5, 0.6) is 0 Å². The summed E-state index contributed by atoms with van der Waals surface area (Å²) in [7, 11) is 0. The van der Waals surface area contributed by atoms with Crippen LogP contribution in [-0.4, -0.2) is 47.7 Å². The zero-order chi connectivity index (χ0) is 14.8. The molecule has 0 aromatic heterocycles. The van der Waals surface area contributed by atoms with E-state index in [2.05, 4.69) is 27.0 Å². The molecule has 20 heavy (non-hydrogen) atoms. The lowest BCUT2D eigenvalue weighted by molar-refractivity contribution is 0.0281. The summed E-state index contributed by atoms with van der Waals surface area (Å²) in [4.78, 5) is 18.3. The minimum atomic E-state index is -0.404. The van der Waals surface area contributed by atoms with Gasteiger partial charge in [0.05, 0.1) is 0 Å². The Balaban J connectivity index is 1.89. The van der Waals surface area contributed by atoms with E-state index in [0.717, 1.165) is 39.0 Å². The lowest BCUT2D eigenvalue weighted by Crippen LogP contribution is -2.36. The highest BCUT2D eigenvalue weighted by molar-refractivity contribution is 9.11.